The van der Waals surface area contributed by atoms with Crippen molar-refractivity contribution in [2.75, 3.05) is 13.1 Å². The van der Waals surface area contributed by atoms with Crippen LogP contribution in [-0.2, 0) is 14.2 Å². The first kappa shape index (κ1) is 13.1. The zero-order chi connectivity index (χ0) is 12.3. The Morgan fingerprint density at radius 2 is 2.38 bits per heavy atom. The Hall–Kier alpha value is -0.950. The molecule has 0 aliphatic carbocycles. The van der Waals surface area contributed by atoms with Gasteiger partial charge in [-0.05, 0) is 6.42 Å². The molecule has 0 spiro atoms. The average Bonchev–Trinajstić information content (AvgIpc) is 2.24. The Bertz CT molecular complexity index is 326. The van der Waals surface area contributed by atoms with Gasteiger partial charge in [-0.1, -0.05) is 0 Å². The Labute approximate surface area is 93.1 Å². The van der Waals surface area contributed by atoms with Gasteiger partial charge in [0.15, 0.2) is 5.28 Å². The summed E-state index contributed by atoms with van der Waals surface area (Å²) >= 11 is 0. The molecule has 1 heterocycles. The number of carboxylic acids is 1. The quantitative estimate of drug-likeness (QED) is 0.246. The molecule has 1 amide bonds. The van der Waals surface area contributed by atoms with Crippen LogP contribution >= 0.6 is 8.46 Å². The van der Waals surface area contributed by atoms with Gasteiger partial charge in [0, 0.05) is 12.6 Å². The lowest BCUT2D eigenvalue weighted by atomic mass is 9.99. The second kappa shape index (κ2) is 4.92. The highest BCUT2D eigenvalue weighted by atomic mass is 31.1. The molecule has 6 N–H and O–H groups in total. The normalized spacial score (nSPS) is 31.2. The zero-order valence-corrected chi connectivity index (χ0v) is 9.70. The fourth-order valence-electron chi connectivity index (χ4n) is 1.62. The minimum absolute atomic E-state index is 0.258. The van der Waals surface area contributed by atoms with Crippen molar-refractivity contribution in [3.8, 4) is 0 Å². The average molecular weight is 250 g/mol. The Morgan fingerprint density at radius 3 is 2.88 bits per heavy atom. The summed E-state index contributed by atoms with van der Waals surface area (Å²) in [6.45, 7) is -0.0740. The third-order valence-electron chi connectivity index (χ3n) is 2.56. The van der Waals surface area contributed by atoms with E-state index in [1.54, 1.807) is 0 Å². The predicted octanol–water partition coefficient (Wildman–Crippen LogP) is -2.45. The van der Waals surface area contributed by atoms with E-state index in [0.29, 0.717) is 6.42 Å². The van der Waals surface area contributed by atoms with E-state index in [1.807, 2.05) is 0 Å². The summed E-state index contributed by atoms with van der Waals surface area (Å²) in [5.74, 6) is 3.70. The fraction of sp³-hybridized carbons (Fsp3) is 0.714. The van der Waals surface area contributed by atoms with E-state index in [-0.39, 0.29) is 13.1 Å². The van der Waals surface area contributed by atoms with Gasteiger partial charge in [0.1, 0.15) is 0 Å². The number of hydrogen-bond donors (Lipinski definition) is 4. The van der Waals surface area contributed by atoms with E-state index in [1.165, 1.54) is 0 Å². The highest BCUT2D eigenvalue weighted by Gasteiger charge is 2.46. The van der Waals surface area contributed by atoms with Crippen molar-refractivity contribution < 1.29 is 19.3 Å². The first-order valence-corrected chi connectivity index (χ1v) is 5.73. The van der Waals surface area contributed by atoms with Crippen LogP contribution in [0.1, 0.15) is 6.42 Å². The first-order valence-electron chi connectivity index (χ1n) is 4.69. The lowest BCUT2D eigenvalue weighted by Gasteiger charge is -2.40. The highest BCUT2D eigenvalue weighted by molar-refractivity contribution is 7.27. The number of carboxylic acid groups (broad SMARTS) is 1. The molecule has 0 bridgehead atoms. The molecular formula is C7H15N4O4P. The van der Waals surface area contributed by atoms with Crippen molar-refractivity contribution in [2.45, 2.75) is 17.7 Å². The number of nitrogens with one attached hydrogen (secondary N) is 1. The molecule has 0 radical (unpaired) electrons. The molecular weight excluding hydrogens is 235 g/mol. The van der Waals surface area contributed by atoms with Crippen LogP contribution in [-0.4, -0.2) is 46.4 Å². The Balaban J connectivity index is 2.79. The number of amides is 1. The van der Waals surface area contributed by atoms with E-state index in [9.17, 15) is 14.2 Å². The Morgan fingerprint density at radius 1 is 1.75 bits per heavy atom. The number of rotatable bonds is 4. The molecule has 0 aromatic carbocycles. The SMILES string of the molecule is NN1CCC(NCC(=O)O)[C@](N)([PH2]=O)C1=O. The van der Waals surface area contributed by atoms with Gasteiger partial charge in [-0.2, -0.15) is 0 Å². The molecule has 1 saturated heterocycles. The van der Waals surface area contributed by atoms with Gasteiger partial charge in [-0.25, -0.2) is 5.84 Å². The van der Waals surface area contributed by atoms with Crippen LogP contribution in [0.4, 0.5) is 0 Å². The number of carbonyl (C=O) groups excluding carboxylic acids is 1. The van der Waals surface area contributed by atoms with Crippen molar-refractivity contribution in [1.82, 2.24) is 10.3 Å². The van der Waals surface area contributed by atoms with Crippen LogP contribution in [0.3, 0.4) is 0 Å². The number of piperidine rings is 1. The van der Waals surface area contributed by atoms with E-state index in [4.69, 9.17) is 16.7 Å². The maximum Gasteiger partial charge on any atom is 0.317 e. The minimum Gasteiger partial charge on any atom is -0.480 e. The molecule has 2 unspecified atom stereocenters. The number of carbonyl (C=O) groups is 2. The molecule has 9 heteroatoms. The van der Waals surface area contributed by atoms with E-state index in [2.05, 4.69) is 5.32 Å². The van der Waals surface area contributed by atoms with Gasteiger partial charge in [-0.15, -0.1) is 0 Å². The second-order valence-electron chi connectivity index (χ2n) is 3.67. The number of aliphatic carboxylic acids is 1. The molecule has 1 aliphatic heterocycles. The number of nitrogens with two attached hydrogens (primary N) is 2. The third kappa shape index (κ3) is 2.41. The molecule has 0 aromatic heterocycles. The molecule has 3 atom stereocenters. The van der Waals surface area contributed by atoms with Crippen LogP contribution in [0.5, 0.6) is 0 Å². The van der Waals surface area contributed by atoms with Gasteiger partial charge >= 0.3 is 5.97 Å². The van der Waals surface area contributed by atoms with E-state index < -0.39 is 31.7 Å². The van der Waals surface area contributed by atoms with Crippen LogP contribution in [0.15, 0.2) is 0 Å². The lowest BCUT2D eigenvalue weighted by molar-refractivity contribution is -0.140. The lowest BCUT2D eigenvalue weighted by Crippen LogP contribution is -2.68. The molecule has 92 valence electrons. The smallest absolute Gasteiger partial charge is 0.317 e. The molecule has 1 fully saturated rings. The van der Waals surface area contributed by atoms with Gasteiger partial charge in [0.25, 0.3) is 5.91 Å². The first-order chi connectivity index (χ1) is 7.41. The summed E-state index contributed by atoms with van der Waals surface area (Å²) in [6, 6.07) is -0.622. The molecule has 0 aromatic rings. The van der Waals surface area contributed by atoms with Crippen molar-refractivity contribution in [3.63, 3.8) is 0 Å². The summed E-state index contributed by atoms with van der Waals surface area (Å²) in [4.78, 5) is 22.0. The van der Waals surface area contributed by atoms with Gasteiger partial charge in [0.05, 0.1) is 15.0 Å². The summed E-state index contributed by atoms with van der Waals surface area (Å²) in [7, 11) is -1.59. The second-order valence-corrected chi connectivity index (χ2v) is 4.86. The van der Waals surface area contributed by atoms with Crippen molar-refractivity contribution in [1.29, 1.82) is 0 Å². The molecule has 0 saturated carbocycles. The number of hydrogen-bond acceptors (Lipinski definition) is 6. The molecule has 1 rings (SSSR count). The van der Waals surface area contributed by atoms with Crippen LogP contribution in [0, 0.1) is 0 Å². The van der Waals surface area contributed by atoms with Crippen molar-refractivity contribution >= 4 is 20.3 Å². The van der Waals surface area contributed by atoms with Crippen LogP contribution < -0.4 is 16.9 Å². The zero-order valence-electron chi connectivity index (χ0n) is 8.55. The molecule has 16 heavy (non-hydrogen) atoms. The molecule has 1 aliphatic rings. The van der Waals surface area contributed by atoms with Gasteiger partial charge < -0.3 is 20.7 Å². The third-order valence-corrected chi connectivity index (χ3v) is 3.60. The predicted molar refractivity (Wildman–Crippen MR) is 57.3 cm³/mol. The largest absolute Gasteiger partial charge is 0.480 e. The standard InChI is InChI=1S/C7H15N4O4P/c8-7(16-15)4(10-3-5(12)13)1-2-11(9)6(7)14/h4,10H,1-3,8-9,16H2,(H,12,13)/t4?,7-/m0/s1. The van der Waals surface area contributed by atoms with Gasteiger partial charge in [0.2, 0.25) is 0 Å². The maximum absolute atomic E-state index is 11.6. The van der Waals surface area contributed by atoms with Crippen molar-refractivity contribution in [3.05, 3.63) is 0 Å². The monoisotopic (exact) mass is 250 g/mol. The summed E-state index contributed by atoms with van der Waals surface area (Å²) < 4.78 is 11.1. The van der Waals surface area contributed by atoms with Crippen LogP contribution in [0.25, 0.3) is 0 Å². The van der Waals surface area contributed by atoms with Gasteiger partial charge in [-0.3, -0.25) is 14.6 Å². The van der Waals surface area contributed by atoms with E-state index >= 15 is 0 Å². The number of hydrazine groups is 1. The Kier molecular flexibility index (Phi) is 4.03. The fourth-order valence-corrected chi connectivity index (χ4v) is 2.34. The number of nitrogens with zero attached hydrogens (tertiary/aromatic N) is 1. The highest BCUT2D eigenvalue weighted by Crippen LogP contribution is 2.28. The summed E-state index contributed by atoms with van der Waals surface area (Å²) in [6.07, 6.45) is 0.376. The van der Waals surface area contributed by atoms with Crippen LogP contribution in [0.2, 0.25) is 0 Å². The van der Waals surface area contributed by atoms with Crippen molar-refractivity contribution in [2.24, 2.45) is 11.6 Å². The maximum atomic E-state index is 11.6. The summed E-state index contributed by atoms with van der Waals surface area (Å²) in [5, 5.41) is 10.5. The topological polar surface area (TPSA) is 139 Å². The summed E-state index contributed by atoms with van der Waals surface area (Å²) in [5.41, 5.74) is 5.72. The molecule has 8 nitrogen and oxygen atoms in total. The van der Waals surface area contributed by atoms with E-state index in [0.717, 1.165) is 5.01 Å². The minimum atomic E-state index is -1.59.